The molecule has 5 heteroatoms. The van der Waals surface area contributed by atoms with Crippen molar-refractivity contribution >= 4 is 14.4 Å². The molecule has 0 spiro atoms. The van der Waals surface area contributed by atoms with Gasteiger partial charge in [-0.15, -0.1) is 0 Å². The van der Waals surface area contributed by atoms with E-state index in [-0.39, 0.29) is 0 Å². The first kappa shape index (κ1) is 13.1. The van der Waals surface area contributed by atoms with Gasteiger partial charge in [-0.05, 0) is 13.0 Å². The standard InChI is InChI=1S/C11H20N2O2Si/c1-10-11(7-14)12-8-13(10)9-15-5-6-16(2,3)4/h7-8H,5-6,9H2,1-4H3. The third kappa shape index (κ3) is 3.90. The van der Waals surface area contributed by atoms with Crippen LogP contribution in [0.5, 0.6) is 0 Å². The lowest BCUT2D eigenvalue weighted by atomic mass is 10.4. The molecule has 0 N–H and O–H groups in total. The van der Waals surface area contributed by atoms with Crippen LogP contribution in [0, 0.1) is 6.92 Å². The minimum absolute atomic E-state index is 0.483. The van der Waals surface area contributed by atoms with Crippen molar-refractivity contribution in [3.8, 4) is 0 Å². The van der Waals surface area contributed by atoms with Crippen LogP contribution in [0.4, 0.5) is 0 Å². The highest BCUT2D eigenvalue weighted by Gasteiger charge is 2.12. The lowest BCUT2D eigenvalue weighted by Crippen LogP contribution is -2.22. The molecule has 0 aliphatic rings. The van der Waals surface area contributed by atoms with E-state index in [9.17, 15) is 4.79 Å². The molecule has 0 fully saturated rings. The summed E-state index contributed by atoms with van der Waals surface area (Å²) in [5.41, 5.74) is 1.36. The average Bonchev–Trinajstić information content (AvgIpc) is 2.53. The summed E-state index contributed by atoms with van der Waals surface area (Å²) in [5.74, 6) is 0. The van der Waals surface area contributed by atoms with E-state index >= 15 is 0 Å². The molecular formula is C11H20N2O2Si. The zero-order valence-corrected chi connectivity index (χ0v) is 11.5. The minimum Gasteiger partial charge on any atom is -0.361 e. The van der Waals surface area contributed by atoms with Gasteiger partial charge in [0, 0.05) is 20.4 Å². The normalized spacial score (nSPS) is 11.8. The number of aldehydes is 1. The maximum Gasteiger partial charge on any atom is 0.170 e. The zero-order chi connectivity index (χ0) is 12.2. The Labute approximate surface area is 97.6 Å². The average molecular weight is 240 g/mol. The number of carbonyl (C=O) groups is 1. The second-order valence-electron chi connectivity index (χ2n) is 5.15. The van der Waals surface area contributed by atoms with Crippen molar-refractivity contribution in [2.75, 3.05) is 6.61 Å². The Bertz CT molecular complexity index is 355. The second kappa shape index (κ2) is 5.40. The summed E-state index contributed by atoms with van der Waals surface area (Å²) in [5, 5.41) is 0. The molecule has 0 aliphatic carbocycles. The molecule has 0 amide bonds. The number of hydrogen-bond acceptors (Lipinski definition) is 3. The number of aromatic nitrogens is 2. The van der Waals surface area contributed by atoms with Crippen molar-refractivity contribution in [2.24, 2.45) is 0 Å². The third-order valence-electron chi connectivity index (χ3n) is 2.48. The molecule has 1 aromatic heterocycles. The largest absolute Gasteiger partial charge is 0.361 e. The van der Waals surface area contributed by atoms with Gasteiger partial charge in [-0.3, -0.25) is 4.79 Å². The van der Waals surface area contributed by atoms with E-state index in [1.165, 1.54) is 0 Å². The van der Waals surface area contributed by atoms with E-state index in [0.29, 0.717) is 12.4 Å². The Morgan fingerprint density at radius 2 is 2.19 bits per heavy atom. The van der Waals surface area contributed by atoms with Gasteiger partial charge in [0.25, 0.3) is 0 Å². The highest BCUT2D eigenvalue weighted by atomic mass is 28.3. The van der Waals surface area contributed by atoms with Gasteiger partial charge in [-0.1, -0.05) is 19.6 Å². The van der Waals surface area contributed by atoms with Crippen LogP contribution in [-0.4, -0.2) is 30.5 Å². The van der Waals surface area contributed by atoms with Crippen LogP contribution in [-0.2, 0) is 11.5 Å². The molecule has 1 heterocycles. The highest BCUT2D eigenvalue weighted by molar-refractivity contribution is 6.76. The summed E-state index contributed by atoms with van der Waals surface area (Å²) in [4.78, 5) is 14.6. The number of nitrogens with zero attached hydrogens (tertiary/aromatic N) is 2. The summed E-state index contributed by atoms with van der Waals surface area (Å²) < 4.78 is 7.43. The van der Waals surface area contributed by atoms with E-state index in [0.717, 1.165) is 24.6 Å². The van der Waals surface area contributed by atoms with Gasteiger partial charge in [0.1, 0.15) is 12.4 Å². The first-order valence-corrected chi connectivity index (χ1v) is 9.19. The third-order valence-corrected chi connectivity index (χ3v) is 4.18. The fraction of sp³-hybridized carbons (Fsp3) is 0.636. The number of rotatable bonds is 6. The van der Waals surface area contributed by atoms with Gasteiger partial charge in [0.2, 0.25) is 0 Å². The molecule has 0 radical (unpaired) electrons. The van der Waals surface area contributed by atoms with E-state index < -0.39 is 8.07 Å². The van der Waals surface area contributed by atoms with Gasteiger partial charge in [-0.2, -0.15) is 0 Å². The maximum atomic E-state index is 10.6. The lowest BCUT2D eigenvalue weighted by Gasteiger charge is -2.15. The van der Waals surface area contributed by atoms with Crippen LogP contribution in [0.15, 0.2) is 6.33 Å². The Morgan fingerprint density at radius 3 is 2.69 bits per heavy atom. The Balaban J connectivity index is 2.38. The summed E-state index contributed by atoms with van der Waals surface area (Å²) in [7, 11) is -1.02. The first-order chi connectivity index (χ1) is 7.44. The van der Waals surface area contributed by atoms with Crippen LogP contribution in [0.1, 0.15) is 16.2 Å². The molecule has 0 unspecified atom stereocenters. The van der Waals surface area contributed by atoms with Crippen LogP contribution in [0.3, 0.4) is 0 Å². The molecule has 0 aromatic carbocycles. The van der Waals surface area contributed by atoms with Gasteiger partial charge < -0.3 is 9.30 Å². The van der Waals surface area contributed by atoms with Crippen molar-refractivity contribution in [3.63, 3.8) is 0 Å². The van der Waals surface area contributed by atoms with Crippen LogP contribution < -0.4 is 0 Å². The lowest BCUT2D eigenvalue weighted by molar-refractivity contribution is 0.0858. The first-order valence-electron chi connectivity index (χ1n) is 5.49. The Morgan fingerprint density at radius 1 is 1.50 bits per heavy atom. The van der Waals surface area contributed by atoms with Crippen molar-refractivity contribution in [3.05, 3.63) is 17.7 Å². The summed E-state index contributed by atoms with van der Waals surface area (Å²) in [6.07, 6.45) is 2.42. The minimum atomic E-state index is -1.02. The van der Waals surface area contributed by atoms with Gasteiger partial charge >= 0.3 is 0 Å². The molecule has 0 aliphatic heterocycles. The number of imidazole rings is 1. The van der Waals surface area contributed by atoms with E-state index in [4.69, 9.17) is 4.74 Å². The van der Waals surface area contributed by atoms with E-state index in [2.05, 4.69) is 24.6 Å². The predicted molar refractivity (Wildman–Crippen MR) is 66.5 cm³/mol. The number of carbonyl (C=O) groups excluding carboxylic acids is 1. The molecule has 0 bridgehead atoms. The van der Waals surface area contributed by atoms with Crippen molar-refractivity contribution in [1.29, 1.82) is 0 Å². The quantitative estimate of drug-likeness (QED) is 0.435. The SMILES string of the molecule is Cc1c(C=O)ncn1COCC[Si](C)(C)C. The van der Waals surface area contributed by atoms with Crippen LogP contribution >= 0.6 is 0 Å². The topological polar surface area (TPSA) is 44.1 Å². The van der Waals surface area contributed by atoms with Crippen molar-refractivity contribution in [2.45, 2.75) is 39.3 Å². The molecule has 1 rings (SSSR count). The molecule has 0 saturated heterocycles. The molecule has 90 valence electrons. The number of ether oxygens (including phenoxy) is 1. The zero-order valence-electron chi connectivity index (χ0n) is 10.5. The fourth-order valence-electron chi connectivity index (χ4n) is 1.25. The fourth-order valence-corrected chi connectivity index (χ4v) is 2.00. The Kier molecular flexibility index (Phi) is 4.43. The van der Waals surface area contributed by atoms with Crippen molar-refractivity contribution in [1.82, 2.24) is 9.55 Å². The molecule has 1 aromatic rings. The molecule has 4 nitrogen and oxygen atoms in total. The molecule has 0 saturated carbocycles. The van der Waals surface area contributed by atoms with Crippen molar-refractivity contribution < 1.29 is 9.53 Å². The second-order valence-corrected chi connectivity index (χ2v) is 10.8. The molecule has 0 atom stereocenters. The highest BCUT2D eigenvalue weighted by Crippen LogP contribution is 2.09. The summed E-state index contributed by atoms with van der Waals surface area (Å²) in [6, 6.07) is 1.15. The Hall–Kier alpha value is -0.943. The summed E-state index contributed by atoms with van der Waals surface area (Å²) in [6.45, 7) is 10.1. The van der Waals surface area contributed by atoms with E-state index in [1.807, 2.05) is 11.5 Å². The molecule has 16 heavy (non-hydrogen) atoms. The van der Waals surface area contributed by atoms with E-state index in [1.54, 1.807) is 6.33 Å². The molecular weight excluding hydrogens is 220 g/mol. The van der Waals surface area contributed by atoms with Crippen LogP contribution in [0.25, 0.3) is 0 Å². The smallest absolute Gasteiger partial charge is 0.170 e. The maximum absolute atomic E-state index is 10.6. The number of hydrogen-bond donors (Lipinski definition) is 0. The summed E-state index contributed by atoms with van der Waals surface area (Å²) >= 11 is 0. The van der Waals surface area contributed by atoms with Gasteiger partial charge in [-0.25, -0.2) is 4.98 Å². The van der Waals surface area contributed by atoms with Gasteiger partial charge in [0.05, 0.1) is 6.33 Å². The van der Waals surface area contributed by atoms with Crippen LogP contribution in [0.2, 0.25) is 25.7 Å². The van der Waals surface area contributed by atoms with Gasteiger partial charge in [0.15, 0.2) is 6.29 Å². The monoisotopic (exact) mass is 240 g/mol. The predicted octanol–water partition coefficient (Wildman–Crippen LogP) is 2.32.